The van der Waals surface area contributed by atoms with Crippen molar-refractivity contribution in [3.8, 4) is 0 Å². The lowest BCUT2D eigenvalue weighted by molar-refractivity contribution is 0.528. The largest absolute Gasteiger partial charge is 0.327 e. The highest BCUT2D eigenvalue weighted by Gasteiger charge is 2.27. The van der Waals surface area contributed by atoms with Crippen molar-refractivity contribution in [2.45, 2.75) is 38.1 Å². The van der Waals surface area contributed by atoms with Crippen molar-refractivity contribution in [1.29, 1.82) is 0 Å². The first kappa shape index (κ1) is 12.2. The fraction of sp³-hybridized carbons (Fsp3) is 0.538. The molecule has 2 N–H and O–H groups in total. The highest BCUT2D eigenvalue weighted by Crippen LogP contribution is 2.33. The van der Waals surface area contributed by atoms with Crippen LogP contribution < -0.4 is 5.73 Å². The summed E-state index contributed by atoms with van der Waals surface area (Å²) in [4.78, 5) is 0. The Morgan fingerprint density at radius 1 is 1.25 bits per heavy atom. The van der Waals surface area contributed by atoms with E-state index in [1.807, 2.05) is 18.2 Å². The minimum Gasteiger partial charge on any atom is -0.327 e. The quantitative estimate of drug-likeness (QED) is 0.847. The summed E-state index contributed by atoms with van der Waals surface area (Å²) in [6.07, 6.45) is 5.94. The van der Waals surface area contributed by atoms with E-state index >= 15 is 0 Å². The van der Waals surface area contributed by atoms with Crippen molar-refractivity contribution < 1.29 is 0 Å². The fourth-order valence-electron chi connectivity index (χ4n) is 2.00. The van der Waals surface area contributed by atoms with Gasteiger partial charge >= 0.3 is 0 Å². The Kier molecular flexibility index (Phi) is 4.12. The second-order valence-electron chi connectivity index (χ2n) is 4.64. The molecule has 1 saturated carbocycles. The molecule has 1 aromatic carbocycles. The maximum absolute atomic E-state index is 6.05. The molecule has 0 saturated heterocycles. The molecule has 0 aliphatic heterocycles. The maximum Gasteiger partial charge on any atom is 0.0595 e. The average molecular weight is 258 g/mol. The fourth-order valence-corrected chi connectivity index (χ4v) is 2.32. The van der Waals surface area contributed by atoms with Gasteiger partial charge in [-0.25, -0.2) is 0 Å². The average Bonchev–Trinajstić information content (AvgIpc) is 3.07. The van der Waals surface area contributed by atoms with E-state index in [0.717, 1.165) is 25.2 Å². The first-order valence-electron chi connectivity index (χ1n) is 5.86. The summed E-state index contributed by atoms with van der Waals surface area (Å²) in [5, 5.41) is 1.27. The van der Waals surface area contributed by atoms with Crippen LogP contribution in [0, 0.1) is 5.92 Å². The molecular weight excluding hydrogens is 241 g/mol. The van der Waals surface area contributed by atoms with Crippen molar-refractivity contribution in [3.63, 3.8) is 0 Å². The molecule has 1 nitrogen and oxygen atoms in total. The van der Waals surface area contributed by atoms with Gasteiger partial charge in [0, 0.05) is 6.04 Å². The second kappa shape index (κ2) is 5.39. The van der Waals surface area contributed by atoms with Crippen molar-refractivity contribution >= 4 is 23.2 Å². The summed E-state index contributed by atoms with van der Waals surface area (Å²) < 4.78 is 0. The van der Waals surface area contributed by atoms with Crippen molar-refractivity contribution in [1.82, 2.24) is 0 Å². The smallest absolute Gasteiger partial charge is 0.0595 e. The van der Waals surface area contributed by atoms with E-state index in [1.165, 1.54) is 18.4 Å². The van der Waals surface area contributed by atoms with E-state index in [9.17, 15) is 0 Å². The third kappa shape index (κ3) is 3.38. The molecule has 0 spiro atoms. The molecule has 1 aliphatic rings. The Hall–Kier alpha value is -0.240. The van der Waals surface area contributed by atoms with Crippen LogP contribution in [-0.2, 0) is 6.42 Å². The number of benzene rings is 1. The molecule has 0 heterocycles. The summed E-state index contributed by atoms with van der Waals surface area (Å²) in [6.45, 7) is 0. The van der Waals surface area contributed by atoms with Gasteiger partial charge < -0.3 is 5.73 Å². The van der Waals surface area contributed by atoms with Gasteiger partial charge in [-0.1, -0.05) is 29.3 Å². The van der Waals surface area contributed by atoms with E-state index in [-0.39, 0.29) is 0 Å². The highest BCUT2D eigenvalue weighted by atomic mass is 35.5. The van der Waals surface area contributed by atoms with E-state index < -0.39 is 0 Å². The molecule has 0 radical (unpaired) electrons. The minimum atomic E-state index is 0.405. The lowest BCUT2D eigenvalue weighted by Crippen LogP contribution is -2.22. The Balaban J connectivity index is 1.78. The third-order valence-corrected chi connectivity index (χ3v) is 3.95. The molecule has 1 fully saturated rings. The van der Waals surface area contributed by atoms with E-state index in [4.69, 9.17) is 28.9 Å². The van der Waals surface area contributed by atoms with Crippen LogP contribution >= 0.6 is 23.2 Å². The second-order valence-corrected chi connectivity index (χ2v) is 5.46. The predicted molar refractivity (Wildman–Crippen MR) is 70.1 cm³/mol. The van der Waals surface area contributed by atoms with Gasteiger partial charge in [-0.2, -0.15) is 0 Å². The van der Waals surface area contributed by atoms with Gasteiger partial charge in [-0.15, -0.1) is 0 Å². The number of rotatable bonds is 5. The molecule has 0 amide bonds. The standard InChI is InChI=1S/C13H17Cl2N/c14-11-7-4-9(8-12(11)15)2-1-3-13(16)10-5-6-10/h4,7-8,10,13H,1-3,5-6,16H2. The normalized spacial score (nSPS) is 17.4. The molecule has 88 valence electrons. The molecule has 1 unspecified atom stereocenters. The summed E-state index contributed by atoms with van der Waals surface area (Å²) in [6, 6.07) is 6.26. The van der Waals surface area contributed by atoms with Gasteiger partial charge in [-0.05, 0) is 55.7 Å². The van der Waals surface area contributed by atoms with Gasteiger partial charge in [0.05, 0.1) is 10.0 Å². The van der Waals surface area contributed by atoms with Crippen molar-refractivity contribution in [2.75, 3.05) is 0 Å². The molecule has 1 aliphatic carbocycles. The zero-order valence-electron chi connectivity index (χ0n) is 9.26. The summed E-state index contributed by atoms with van der Waals surface area (Å²) in [5.74, 6) is 0.800. The third-order valence-electron chi connectivity index (χ3n) is 3.21. The van der Waals surface area contributed by atoms with Gasteiger partial charge in [-0.3, -0.25) is 0 Å². The van der Waals surface area contributed by atoms with Crippen molar-refractivity contribution in [2.24, 2.45) is 11.7 Å². The Labute approximate surface area is 107 Å². The van der Waals surface area contributed by atoms with E-state index in [1.54, 1.807) is 0 Å². The van der Waals surface area contributed by atoms with E-state index in [0.29, 0.717) is 16.1 Å². The van der Waals surface area contributed by atoms with Gasteiger partial charge in [0.15, 0.2) is 0 Å². The minimum absolute atomic E-state index is 0.405. The van der Waals surface area contributed by atoms with Crippen LogP contribution in [0.4, 0.5) is 0 Å². The van der Waals surface area contributed by atoms with Crippen LogP contribution in [0.15, 0.2) is 18.2 Å². The topological polar surface area (TPSA) is 26.0 Å². The van der Waals surface area contributed by atoms with Crippen LogP contribution in [0.3, 0.4) is 0 Å². The monoisotopic (exact) mass is 257 g/mol. The Morgan fingerprint density at radius 2 is 2.00 bits per heavy atom. The van der Waals surface area contributed by atoms with Gasteiger partial charge in [0.25, 0.3) is 0 Å². The molecular formula is C13H17Cl2N. The summed E-state index contributed by atoms with van der Waals surface area (Å²) in [5.41, 5.74) is 7.30. The molecule has 0 aromatic heterocycles. The highest BCUT2D eigenvalue weighted by molar-refractivity contribution is 6.42. The molecule has 1 aromatic rings. The number of hydrogen-bond acceptors (Lipinski definition) is 1. The van der Waals surface area contributed by atoms with Gasteiger partial charge in [0.1, 0.15) is 0 Å². The van der Waals surface area contributed by atoms with Crippen molar-refractivity contribution in [3.05, 3.63) is 33.8 Å². The molecule has 16 heavy (non-hydrogen) atoms. The number of aryl methyl sites for hydroxylation is 1. The van der Waals surface area contributed by atoms with Crippen LogP contribution in [0.25, 0.3) is 0 Å². The zero-order chi connectivity index (χ0) is 11.5. The number of hydrogen-bond donors (Lipinski definition) is 1. The Bertz CT molecular complexity index is 361. The summed E-state index contributed by atoms with van der Waals surface area (Å²) in [7, 11) is 0. The van der Waals surface area contributed by atoms with Crippen LogP contribution in [0.2, 0.25) is 10.0 Å². The molecule has 3 heteroatoms. The van der Waals surface area contributed by atoms with Crippen LogP contribution in [0.1, 0.15) is 31.2 Å². The van der Waals surface area contributed by atoms with Crippen LogP contribution in [0.5, 0.6) is 0 Å². The zero-order valence-corrected chi connectivity index (χ0v) is 10.8. The first-order chi connectivity index (χ1) is 7.66. The SMILES string of the molecule is NC(CCCc1ccc(Cl)c(Cl)c1)C1CC1. The lowest BCUT2D eigenvalue weighted by Gasteiger charge is -2.09. The molecule has 0 bridgehead atoms. The molecule has 2 rings (SSSR count). The number of nitrogens with two attached hydrogens (primary N) is 1. The Morgan fingerprint density at radius 3 is 2.62 bits per heavy atom. The van der Waals surface area contributed by atoms with E-state index in [2.05, 4.69) is 0 Å². The van der Waals surface area contributed by atoms with Gasteiger partial charge in [0.2, 0.25) is 0 Å². The lowest BCUT2D eigenvalue weighted by atomic mass is 10.0. The van der Waals surface area contributed by atoms with Crippen LogP contribution in [-0.4, -0.2) is 6.04 Å². The molecule has 1 atom stereocenters. The summed E-state index contributed by atoms with van der Waals surface area (Å²) >= 11 is 11.8. The first-order valence-corrected chi connectivity index (χ1v) is 6.62. The maximum atomic E-state index is 6.05. The number of halogens is 2. The predicted octanol–water partition coefficient (Wildman–Crippen LogP) is 4.05.